The molecule has 0 aliphatic carbocycles. The summed E-state index contributed by atoms with van der Waals surface area (Å²) in [5, 5.41) is 21.7. The third-order valence-electron chi connectivity index (χ3n) is 1.40. The van der Waals surface area contributed by atoms with Crippen molar-refractivity contribution in [2.24, 2.45) is 5.73 Å². The van der Waals surface area contributed by atoms with Crippen molar-refractivity contribution in [2.45, 2.75) is 12.2 Å². The minimum Gasteiger partial charge on any atom is -0.389 e. The van der Waals surface area contributed by atoms with Gasteiger partial charge in [-0.1, -0.05) is 5.16 Å². The molecule has 0 fully saturated rings. The Labute approximate surface area is 63.4 Å². The van der Waals surface area contributed by atoms with E-state index in [1.54, 1.807) is 0 Å². The Hall–Kier alpha value is -0.910. The second-order valence-corrected chi connectivity index (χ2v) is 2.21. The van der Waals surface area contributed by atoms with E-state index in [4.69, 9.17) is 10.8 Å². The molecule has 0 amide bonds. The van der Waals surface area contributed by atoms with Crippen molar-refractivity contribution in [3.8, 4) is 0 Å². The molecule has 1 heterocycles. The lowest BCUT2D eigenvalue weighted by Crippen LogP contribution is -2.26. The summed E-state index contributed by atoms with van der Waals surface area (Å²) in [7, 11) is 0. The lowest BCUT2D eigenvalue weighted by molar-refractivity contribution is 0.0240. The third kappa shape index (κ3) is 1.76. The highest BCUT2D eigenvalue weighted by atomic mass is 16.5. The van der Waals surface area contributed by atoms with Gasteiger partial charge < -0.3 is 20.5 Å². The van der Waals surface area contributed by atoms with Gasteiger partial charge >= 0.3 is 0 Å². The molecule has 1 rings (SSSR count). The molecule has 0 aliphatic rings. The zero-order chi connectivity index (χ0) is 8.27. The molecule has 0 bridgehead atoms. The Balaban J connectivity index is 2.62. The highest BCUT2D eigenvalue weighted by molar-refractivity contribution is 5.06. The van der Waals surface area contributed by atoms with Crippen LogP contribution in [0.5, 0.6) is 0 Å². The van der Waals surface area contributed by atoms with Gasteiger partial charge in [-0.2, -0.15) is 0 Å². The molecule has 0 spiro atoms. The number of nitrogens with two attached hydrogens (primary N) is 1. The number of aliphatic hydroxyl groups is 2. The van der Waals surface area contributed by atoms with Gasteiger partial charge in [0, 0.05) is 12.1 Å². The second-order valence-electron chi connectivity index (χ2n) is 2.21. The summed E-state index contributed by atoms with van der Waals surface area (Å²) in [5.41, 5.74) is 5.55. The molecule has 11 heavy (non-hydrogen) atoms. The lowest BCUT2D eigenvalue weighted by Gasteiger charge is -2.12. The zero-order valence-electron chi connectivity index (χ0n) is 5.84. The Morgan fingerprint density at radius 3 is 2.82 bits per heavy atom. The first-order valence-corrected chi connectivity index (χ1v) is 3.21. The van der Waals surface area contributed by atoms with Gasteiger partial charge in [0.15, 0.2) is 0 Å². The smallest absolute Gasteiger partial charge is 0.129 e. The molecule has 1 aromatic heterocycles. The van der Waals surface area contributed by atoms with E-state index in [1.165, 1.54) is 12.5 Å². The fourth-order valence-electron chi connectivity index (χ4n) is 0.710. The Kier molecular flexibility index (Phi) is 2.58. The predicted octanol–water partition coefficient (Wildman–Crippen LogP) is -0.972. The Morgan fingerprint density at radius 1 is 1.64 bits per heavy atom. The van der Waals surface area contributed by atoms with Crippen LogP contribution in [-0.4, -0.2) is 28.0 Å². The largest absolute Gasteiger partial charge is 0.389 e. The van der Waals surface area contributed by atoms with E-state index in [1.807, 2.05) is 0 Å². The first-order valence-electron chi connectivity index (χ1n) is 3.21. The first-order chi connectivity index (χ1) is 5.25. The van der Waals surface area contributed by atoms with Crippen molar-refractivity contribution in [1.29, 1.82) is 0 Å². The number of hydrogen-bond donors (Lipinski definition) is 3. The minimum absolute atomic E-state index is 0.00630. The van der Waals surface area contributed by atoms with Gasteiger partial charge in [0.05, 0.1) is 12.3 Å². The van der Waals surface area contributed by atoms with Crippen molar-refractivity contribution in [1.82, 2.24) is 5.16 Å². The van der Waals surface area contributed by atoms with Crippen LogP contribution >= 0.6 is 0 Å². The van der Waals surface area contributed by atoms with Crippen molar-refractivity contribution >= 4 is 0 Å². The fraction of sp³-hybridized carbons (Fsp3) is 0.500. The number of aliphatic hydroxyl groups excluding tert-OH is 2. The Bertz CT molecular complexity index is 200. The van der Waals surface area contributed by atoms with Crippen LogP contribution in [0, 0.1) is 0 Å². The average molecular weight is 158 g/mol. The van der Waals surface area contributed by atoms with Crippen molar-refractivity contribution in [3.63, 3.8) is 0 Å². The van der Waals surface area contributed by atoms with Crippen molar-refractivity contribution in [3.05, 3.63) is 18.0 Å². The van der Waals surface area contributed by atoms with Gasteiger partial charge in [-0.25, -0.2) is 0 Å². The van der Waals surface area contributed by atoms with E-state index in [0.29, 0.717) is 5.56 Å². The summed E-state index contributed by atoms with van der Waals surface area (Å²) in [5.74, 6) is 0. The van der Waals surface area contributed by atoms with E-state index < -0.39 is 12.2 Å². The van der Waals surface area contributed by atoms with E-state index in [2.05, 4.69) is 9.68 Å². The standard InChI is InChI=1S/C6H10N2O3/c7-1-5(9)6(10)4-2-8-11-3-4/h2-3,5-6,9-10H,1,7H2. The van der Waals surface area contributed by atoms with Crippen LogP contribution in [0.1, 0.15) is 11.7 Å². The SMILES string of the molecule is NCC(O)C(O)c1cnoc1. The maximum atomic E-state index is 9.25. The van der Waals surface area contributed by atoms with Crippen LogP contribution in [0.4, 0.5) is 0 Å². The molecular formula is C6H10N2O3. The summed E-state index contributed by atoms with van der Waals surface area (Å²) in [6.07, 6.45) is 0.633. The highest BCUT2D eigenvalue weighted by Crippen LogP contribution is 2.14. The van der Waals surface area contributed by atoms with E-state index >= 15 is 0 Å². The van der Waals surface area contributed by atoms with Crippen molar-refractivity contribution < 1.29 is 14.7 Å². The maximum absolute atomic E-state index is 9.25. The summed E-state index contributed by atoms with van der Waals surface area (Å²) < 4.78 is 4.47. The predicted molar refractivity (Wildman–Crippen MR) is 36.5 cm³/mol. The van der Waals surface area contributed by atoms with Crippen LogP contribution in [0.2, 0.25) is 0 Å². The molecule has 0 saturated carbocycles. The van der Waals surface area contributed by atoms with Gasteiger partial charge in [-0.15, -0.1) is 0 Å². The number of hydrogen-bond acceptors (Lipinski definition) is 5. The number of nitrogens with zero attached hydrogens (tertiary/aromatic N) is 1. The van der Waals surface area contributed by atoms with Gasteiger partial charge in [0.25, 0.3) is 0 Å². The van der Waals surface area contributed by atoms with Crippen LogP contribution in [0.25, 0.3) is 0 Å². The molecule has 0 aromatic carbocycles. The molecule has 2 unspecified atom stereocenters. The molecule has 4 N–H and O–H groups in total. The fourth-order valence-corrected chi connectivity index (χ4v) is 0.710. The summed E-state index contributed by atoms with van der Waals surface area (Å²) in [6, 6.07) is 0. The van der Waals surface area contributed by atoms with Crippen LogP contribution < -0.4 is 5.73 Å². The molecule has 5 heteroatoms. The van der Waals surface area contributed by atoms with Crippen LogP contribution in [-0.2, 0) is 0 Å². The number of rotatable bonds is 3. The molecule has 5 nitrogen and oxygen atoms in total. The molecule has 2 atom stereocenters. The summed E-state index contributed by atoms with van der Waals surface area (Å²) in [6.45, 7) is 0.00630. The summed E-state index contributed by atoms with van der Waals surface area (Å²) >= 11 is 0. The van der Waals surface area contributed by atoms with Crippen molar-refractivity contribution in [2.75, 3.05) is 6.54 Å². The summed E-state index contributed by atoms with van der Waals surface area (Å²) in [4.78, 5) is 0. The Morgan fingerprint density at radius 2 is 2.36 bits per heavy atom. The molecule has 0 saturated heterocycles. The third-order valence-corrected chi connectivity index (χ3v) is 1.40. The second kappa shape index (κ2) is 3.47. The van der Waals surface area contributed by atoms with Gasteiger partial charge in [0.1, 0.15) is 12.4 Å². The number of aromatic nitrogens is 1. The maximum Gasteiger partial charge on any atom is 0.129 e. The quantitative estimate of drug-likeness (QED) is 0.526. The van der Waals surface area contributed by atoms with Crippen LogP contribution in [0.15, 0.2) is 17.0 Å². The first kappa shape index (κ1) is 8.19. The van der Waals surface area contributed by atoms with Crippen LogP contribution in [0.3, 0.4) is 0 Å². The molecule has 62 valence electrons. The molecule has 1 aromatic rings. The van der Waals surface area contributed by atoms with Gasteiger partial charge in [-0.3, -0.25) is 0 Å². The minimum atomic E-state index is -1.01. The lowest BCUT2D eigenvalue weighted by atomic mass is 10.1. The van der Waals surface area contributed by atoms with Gasteiger partial charge in [-0.05, 0) is 0 Å². The molecule has 0 aliphatic heterocycles. The van der Waals surface area contributed by atoms with E-state index in [9.17, 15) is 5.11 Å². The molecule has 0 radical (unpaired) electrons. The van der Waals surface area contributed by atoms with Gasteiger partial charge in [0.2, 0.25) is 0 Å². The molecular weight excluding hydrogens is 148 g/mol. The monoisotopic (exact) mass is 158 g/mol. The average Bonchev–Trinajstić information content (AvgIpc) is 2.53. The highest BCUT2D eigenvalue weighted by Gasteiger charge is 2.17. The van der Waals surface area contributed by atoms with E-state index in [-0.39, 0.29) is 6.54 Å². The topological polar surface area (TPSA) is 92.5 Å². The van der Waals surface area contributed by atoms with E-state index in [0.717, 1.165) is 0 Å². The normalized spacial score (nSPS) is 16.3. The zero-order valence-corrected chi connectivity index (χ0v) is 5.84.